The third kappa shape index (κ3) is 7.59. The van der Waals surface area contributed by atoms with Gasteiger partial charge in [-0.2, -0.15) is 0 Å². The first kappa shape index (κ1) is 26.3. The molecule has 8 heteroatoms. The number of rotatable bonds is 10. The topological polar surface area (TPSA) is 75.7 Å². The Bertz CT molecular complexity index is 1420. The van der Waals surface area contributed by atoms with E-state index in [9.17, 15) is 13.2 Å². The van der Waals surface area contributed by atoms with Gasteiger partial charge in [-0.25, -0.2) is 8.42 Å². The molecular weight excluding hydrogens is 508 g/mol. The number of halogens is 1. The van der Waals surface area contributed by atoms with Gasteiger partial charge in [0.15, 0.2) is 0 Å². The van der Waals surface area contributed by atoms with Gasteiger partial charge in [0.2, 0.25) is 10.0 Å². The van der Waals surface area contributed by atoms with E-state index in [2.05, 4.69) is 5.32 Å². The van der Waals surface area contributed by atoms with Crippen molar-refractivity contribution in [1.29, 1.82) is 0 Å². The maximum absolute atomic E-state index is 12.6. The fraction of sp³-hybridized carbons (Fsp3) is 0.138. The minimum atomic E-state index is -3.55. The first-order valence-corrected chi connectivity index (χ1v) is 13.9. The molecule has 0 aliphatic carbocycles. The molecule has 0 saturated heterocycles. The van der Waals surface area contributed by atoms with E-state index in [1.54, 1.807) is 48.5 Å². The Morgan fingerprint density at radius 2 is 1.41 bits per heavy atom. The summed E-state index contributed by atoms with van der Waals surface area (Å²) in [6.07, 6.45) is 1.86. The van der Waals surface area contributed by atoms with Crippen molar-refractivity contribution in [1.82, 2.24) is 5.32 Å². The van der Waals surface area contributed by atoms with Crippen LogP contribution in [0, 0.1) is 0 Å². The highest BCUT2D eigenvalue weighted by Crippen LogP contribution is 2.26. The normalized spacial score (nSPS) is 11.1. The maximum atomic E-state index is 12.6. The average Bonchev–Trinajstić information content (AvgIpc) is 2.89. The molecule has 0 heterocycles. The number of para-hydroxylation sites is 1. The Morgan fingerprint density at radius 1 is 0.811 bits per heavy atom. The first-order chi connectivity index (χ1) is 17.8. The summed E-state index contributed by atoms with van der Waals surface area (Å²) in [6, 6.07) is 30.7. The molecule has 1 N–H and O–H groups in total. The lowest BCUT2D eigenvalue weighted by Crippen LogP contribution is -2.29. The van der Waals surface area contributed by atoms with Gasteiger partial charge in [-0.15, -0.1) is 0 Å². The van der Waals surface area contributed by atoms with Gasteiger partial charge < -0.3 is 10.1 Å². The second-order valence-electron chi connectivity index (χ2n) is 8.51. The Kier molecular flexibility index (Phi) is 8.48. The fourth-order valence-corrected chi connectivity index (χ4v) is 4.72. The highest BCUT2D eigenvalue weighted by Gasteiger charge is 2.18. The molecule has 0 aliphatic heterocycles. The Morgan fingerprint density at radius 3 is 2.03 bits per heavy atom. The van der Waals surface area contributed by atoms with E-state index in [4.69, 9.17) is 16.3 Å². The van der Waals surface area contributed by atoms with Crippen LogP contribution in [0.5, 0.6) is 11.5 Å². The van der Waals surface area contributed by atoms with Crippen LogP contribution in [0.1, 0.15) is 21.5 Å². The summed E-state index contributed by atoms with van der Waals surface area (Å²) in [5.74, 6) is 1.12. The molecular formula is C29H27ClN2O4S. The summed E-state index contributed by atoms with van der Waals surface area (Å²) in [5, 5.41) is 3.58. The molecule has 0 aromatic heterocycles. The lowest BCUT2D eigenvalue weighted by atomic mass is 10.1. The number of nitrogens with zero attached hydrogens (tertiary/aromatic N) is 1. The number of hydrogen-bond acceptors (Lipinski definition) is 4. The highest BCUT2D eigenvalue weighted by molar-refractivity contribution is 7.92. The summed E-state index contributed by atoms with van der Waals surface area (Å²) in [6.45, 7) is 0.629. The summed E-state index contributed by atoms with van der Waals surface area (Å²) in [7, 11) is -3.55. The maximum Gasteiger partial charge on any atom is 0.251 e. The van der Waals surface area contributed by atoms with Crippen LogP contribution < -0.4 is 14.4 Å². The number of nitrogens with one attached hydrogen (secondary N) is 1. The number of anilines is 1. The van der Waals surface area contributed by atoms with Crippen molar-refractivity contribution in [3.8, 4) is 11.5 Å². The van der Waals surface area contributed by atoms with E-state index in [-0.39, 0.29) is 12.5 Å². The van der Waals surface area contributed by atoms with Crippen LogP contribution in [0.2, 0.25) is 5.02 Å². The molecule has 4 aromatic rings. The molecule has 0 fully saturated rings. The second-order valence-corrected chi connectivity index (χ2v) is 10.9. The van der Waals surface area contributed by atoms with Crippen molar-refractivity contribution in [3.05, 3.63) is 125 Å². The van der Waals surface area contributed by atoms with Gasteiger partial charge in [0.25, 0.3) is 5.91 Å². The zero-order chi connectivity index (χ0) is 26.3. The van der Waals surface area contributed by atoms with E-state index in [1.165, 1.54) is 10.6 Å². The summed E-state index contributed by atoms with van der Waals surface area (Å²) < 4.78 is 32.2. The number of carbonyl (C=O) groups is 1. The molecule has 4 aromatic carbocycles. The Hall–Kier alpha value is -3.81. The molecule has 0 bridgehead atoms. The second kappa shape index (κ2) is 12.0. The Balaban J connectivity index is 1.37. The number of sulfonamides is 1. The highest BCUT2D eigenvalue weighted by atomic mass is 35.5. The van der Waals surface area contributed by atoms with Gasteiger partial charge in [-0.1, -0.05) is 54.1 Å². The first-order valence-electron chi connectivity index (χ1n) is 11.7. The predicted octanol–water partition coefficient (Wildman–Crippen LogP) is 6.07. The molecule has 37 heavy (non-hydrogen) atoms. The van der Waals surface area contributed by atoms with Gasteiger partial charge in [0, 0.05) is 17.1 Å². The monoisotopic (exact) mass is 534 g/mol. The number of benzene rings is 4. The molecule has 190 valence electrons. The largest absolute Gasteiger partial charge is 0.457 e. The van der Waals surface area contributed by atoms with Crippen molar-refractivity contribution < 1.29 is 17.9 Å². The van der Waals surface area contributed by atoms with Crippen molar-refractivity contribution in [2.75, 3.05) is 17.1 Å². The van der Waals surface area contributed by atoms with E-state index in [0.29, 0.717) is 40.7 Å². The van der Waals surface area contributed by atoms with Crippen molar-refractivity contribution >= 4 is 33.2 Å². The molecule has 1 amide bonds. The smallest absolute Gasteiger partial charge is 0.251 e. The zero-order valence-electron chi connectivity index (χ0n) is 20.3. The molecule has 4 rings (SSSR count). The van der Waals surface area contributed by atoms with Gasteiger partial charge in [-0.05, 0) is 78.2 Å². The van der Waals surface area contributed by atoms with Crippen LogP contribution in [0.25, 0.3) is 0 Å². The molecule has 0 spiro atoms. The van der Waals surface area contributed by atoms with Crippen LogP contribution in [0.3, 0.4) is 0 Å². The predicted molar refractivity (Wildman–Crippen MR) is 148 cm³/mol. The number of ether oxygens (including phenoxy) is 1. The van der Waals surface area contributed by atoms with Gasteiger partial charge in [-0.3, -0.25) is 9.10 Å². The molecule has 6 nitrogen and oxygen atoms in total. The van der Waals surface area contributed by atoms with E-state index in [1.807, 2.05) is 54.6 Å². The SMILES string of the molecule is CS(=O)(=O)N(Cc1ccc(C(=O)NCCc2ccc(Cl)cc2)cc1)c1ccc(Oc2ccccc2)cc1. The standard InChI is InChI=1S/C29H27ClN2O4S/c1-37(34,35)32(26-15-17-28(18-16-26)36-27-5-3-2-4-6-27)21-23-7-11-24(12-8-23)29(33)31-20-19-22-9-13-25(30)14-10-22/h2-18H,19-21H2,1H3,(H,31,33). The van der Waals surface area contributed by atoms with Crippen LogP contribution in [0.15, 0.2) is 103 Å². The molecule has 0 radical (unpaired) electrons. The van der Waals surface area contributed by atoms with Crippen molar-refractivity contribution in [2.45, 2.75) is 13.0 Å². The number of carbonyl (C=O) groups excluding carboxylic acids is 1. The van der Waals surface area contributed by atoms with Crippen LogP contribution in [0.4, 0.5) is 5.69 Å². The molecule has 0 aliphatic rings. The van der Waals surface area contributed by atoms with Crippen molar-refractivity contribution in [2.24, 2.45) is 0 Å². The lowest BCUT2D eigenvalue weighted by molar-refractivity contribution is 0.0954. The van der Waals surface area contributed by atoms with E-state index >= 15 is 0 Å². The fourth-order valence-electron chi connectivity index (χ4n) is 3.71. The van der Waals surface area contributed by atoms with Gasteiger partial charge in [0.1, 0.15) is 11.5 Å². The third-order valence-corrected chi connectivity index (χ3v) is 7.05. The molecule has 0 atom stereocenters. The summed E-state index contributed by atoms with van der Waals surface area (Å²) in [4.78, 5) is 12.5. The van der Waals surface area contributed by atoms with Gasteiger partial charge >= 0.3 is 0 Å². The minimum absolute atomic E-state index is 0.135. The summed E-state index contributed by atoms with van der Waals surface area (Å²) in [5.41, 5.74) is 2.87. The number of hydrogen-bond donors (Lipinski definition) is 1. The third-order valence-electron chi connectivity index (χ3n) is 5.66. The minimum Gasteiger partial charge on any atom is -0.457 e. The Labute approximate surface area is 222 Å². The number of amides is 1. The van der Waals surface area contributed by atoms with Crippen LogP contribution >= 0.6 is 11.6 Å². The zero-order valence-corrected chi connectivity index (χ0v) is 21.9. The van der Waals surface area contributed by atoms with E-state index < -0.39 is 10.0 Å². The average molecular weight is 535 g/mol. The van der Waals surface area contributed by atoms with Gasteiger partial charge in [0.05, 0.1) is 18.5 Å². The quantitative estimate of drug-likeness (QED) is 0.268. The van der Waals surface area contributed by atoms with Crippen molar-refractivity contribution in [3.63, 3.8) is 0 Å². The molecule has 0 unspecified atom stereocenters. The summed E-state index contributed by atoms with van der Waals surface area (Å²) >= 11 is 5.90. The lowest BCUT2D eigenvalue weighted by Gasteiger charge is -2.23. The van der Waals surface area contributed by atoms with E-state index in [0.717, 1.165) is 11.1 Å². The molecule has 0 saturated carbocycles. The van der Waals surface area contributed by atoms with Crippen LogP contribution in [-0.4, -0.2) is 27.1 Å². The van der Waals surface area contributed by atoms with Crippen LogP contribution in [-0.2, 0) is 23.0 Å².